The number of aromatic amines is 1. The maximum atomic E-state index is 13.0. The highest BCUT2D eigenvalue weighted by atomic mass is 16.4. The summed E-state index contributed by atoms with van der Waals surface area (Å²) in [7, 11) is 0. The first-order valence-electron chi connectivity index (χ1n) is 10.3. The van der Waals surface area contributed by atoms with E-state index in [1.54, 1.807) is 41.9 Å². The molecule has 0 saturated heterocycles. The van der Waals surface area contributed by atoms with Crippen molar-refractivity contribution in [3.05, 3.63) is 64.1 Å². The predicted molar refractivity (Wildman–Crippen MR) is 117 cm³/mol. The molecule has 160 valence electrons. The number of rotatable bonds is 5. The zero-order chi connectivity index (χ0) is 22.0. The van der Waals surface area contributed by atoms with E-state index in [0.717, 1.165) is 25.7 Å². The largest absolute Gasteiger partial charge is 0.507 e. The maximum absolute atomic E-state index is 13.0. The number of nitrogens with zero attached hydrogens (tertiary/aromatic N) is 3. The van der Waals surface area contributed by atoms with Gasteiger partial charge in [-0.2, -0.15) is 0 Å². The number of aryl methyl sites for hydroxylation is 1. The topological polar surface area (TPSA) is 120 Å². The summed E-state index contributed by atoms with van der Waals surface area (Å²) in [6.07, 6.45) is 5.23. The molecule has 1 aliphatic rings. The smallest absolute Gasteiger partial charge is 0.337 e. The van der Waals surface area contributed by atoms with Gasteiger partial charge in [0.1, 0.15) is 11.4 Å². The molecule has 3 N–H and O–H groups in total. The van der Waals surface area contributed by atoms with E-state index >= 15 is 0 Å². The Morgan fingerprint density at radius 3 is 2.39 bits per heavy atom. The van der Waals surface area contributed by atoms with Crippen LogP contribution in [-0.2, 0) is 0 Å². The number of phenolic OH excluding ortho intramolecular Hbond substituents is 1. The number of phenols is 1. The summed E-state index contributed by atoms with van der Waals surface area (Å²) in [5.41, 5.74) is 1.36. The average Bonchev–Trinajstić information content (AvgIpc) is 3.06. The van der Waals surface area contributed by atoms with Crippen LogP contribution < -0.4 is 5.56 Å². The van der Waals surface area contributed by atoms with Crippen LogP contribution in [0, 0.1) is 6.92 Å². The first-order chi connectivity index (χ1) is 15.0. The first kappa shape index (κ1) is 20.6. The normalized spacial score (nSPS) is 14.9. The molecule has 1 saturated carbocycles. The Kier molecular flexibility index (Phi) is 5.70. The van der Waals surface area contributed by atoms with E-state index in [9.17, 15) is 19.8 Å². The monoisotopic (exact) mass is 420 g/mol. The molecule has 0 unspecified atom stereocenters. The summed E-state index contributed by atoms with van der Waals surface area (Å²) < 4.78 is 1.62. The zero-order valence-corrected chi connectivity index (χ0v) is 17.2. The highest BCUT2D eigenvalue weighted by molar-refractivity contribution is 5.98. The predicted octanol–water partition coefficient (Wildman–Crippen LogP) is 5.48. The standard InChI is InChI=1S/C23H24N4O4/c1-14-20(22(29)27(26-14)15-8-3-2-4-9-15)24-25-21-17(11-7-12-18(21)23(30)31)16-10-5-6-13-19(16)28/h5-7,10-13,15,26,28H,2-4,8-9H2,1H3,(H,30,31). The molecule has 0 atom stereocenters. The van der Waals surface area contributed by atoms with Crippen LogP contribution in [0.3, 0.4) is 0 Å². The second-order valence-electron chi connectivity index (χ2n) is 7.78. The zero-order valence-electron chi connectivity index (χ0n) is 17.2. The summed E-state index contributed by atoms with van der Waals surface area (Å²) in [5, 5.41) is 31.4. The van der Waals surface area contributed by atoms with E-state index in [0.29, 0.717) is 16.8 Å². The number of hydrogen-bond acceptors (Lipinski definition) is 5. The Labute approximate surface area is 178 Å². The lowest BCUT2D eigenvalue weighted by atomic mass is 9.96. The van der Waals surface area contributed by atoms with Gasteiger partial charge < -0.3 is 10.2 Å². The minimum absolute atomic E-state index is 0.000956. The number of aromatic carboxylic acids is 1. The molecule has 1 heterocycles. The van der Waals surface area contributed by atoms with Crippen LogP contribution in [0.25, 0.3) is 11.1 Å². The van der Waals surface area contributed by atoms with Gasteiger partial charge in [-0.1, -0.05) is 49.6 Å². The molecule has 0 radical (unpaired) electrons. The molecule has 8 nitrogen and oxygen atoms in total. The highest BCUT2D eigenvalue weighted by Crippen LogP contribution is 2.39. The lowest BCUT2D eigenvalue weighted by Gasteiger charge is -2.21. The fourth-order valence-corrected chi connectivity index (χ4v) is 4.12. The third kappa shape index (κ3) is 4.01. The van der Waals surface area contributed by atoms with E-state index in [-0.39, 0.29) is 34.3 Å². The lowest BCUT2D eigenvalue weighted by Crippen LogP contribution is -2.24. The molecule has 2 aromatic carbocycles. The fourth-order valence-electron chi connectivity index (χ4n) is 4.12. The van der Waals surface area contributed by atoms with Crippen LogP contribution in [0.5, 0.6) is 5.75 Å². The van der Waals surface area contributed by atoms with Gasteiger partial charge in [0, 0.05) is 11.1 Å². The summed E-state index contributed by atoms with van der Waals surface area (Å²) in [6.45, 7) is 1.75. The number of benzene rings is 2. The van der Waals surface area contributed by atoms with Crippen molar-refractivity contribution in [2.45, 2.75) is 45.1 Å². The summed E-state index contributed by atoms with van der Waals surface area (Å²) in [5.74, 6) is -1.17. The van der Waals surface area contributed by atoms with Crippen molar-refractivity contribution in [3.63, 3.8) is 0 Å². The van der Waals surface area contributed by atoms with Crippen molar-refractivity contribution >= 4 is 17.3 Å². The molecular weight excluding hydrogens is 396 g/mol. The van der Waals surface area contributed by atoms with Crippen molar-refractivity contribution in [1.82, 2.24) is 9.78 Å². The van der Waals surface area contributed by atoms with Crippen molar-refractivity contribution in [2.75, 3.05) is 0 Å². The Bertz CT molecular complexity index is 1200. The number of H-pyrrole nitrogens is 1. The minimum atomic E-state index is -1.17. The van der Waals surface area contributed by atoms with E-state index in [1.165, 1.54) is 18.6 Å². The van der Waals surface area contributed by atoms with Crippen molar-refractivity contribution in [2.24, 2.45) is 10.2 Å². The van der Waals surface area contributed by atoms with Crippen molar-refractivity contribution < 1.29 is 15.0 Å². The maximum Gasteiger partial charge on any atom is 0.337 e. The van der Waals surface area contributed by atoms with Crippen LogP contribution in [0.15, 0.2) is 57.5 Å². The number of aromatic hydroxyl groups is 1. The second-order valence-corrected chi connectivity index (χ2v) is 7.78. The molecule has 4 rings (SSSR count). The molecule has 1 fully saturated rings. The summed E-state index contributed by atoms with van der Waals surface area (Å²) in [6, 6.07) is 11.4. The number of carboxylic acids is 1. The number of para-hydroxylation sites is 1. The Hall–Kier alpha value is -3.68. The van der Waals surface area contributed by atoms with Crippen LogP contribution in [-0.4, -0.2) is 26.0 Å². The summed E-state index contributed by atoms with van der Waals surface area (Å²) in [4.78, 5) is 24.8. The number of nitrogens with one attached hydrogen (secondary N) is 1. The molecule has 0 bridgehead atoms. The lowest BCUT2D eigenvalue weighted by molar-refractivity contribution is 0.0697. The first-order valence-corrected chi connectivity index (χ1v) is 10.3. The number of hydrogen-bond donors (Lipinski definition) is 3. The van der Waals surface area contributed by atoms with Gasteiger partial charge >= 0.3 is 5.97 Å². The number of azo groups is 1. The molecule has 8 heteroatoms. The van der Waals surface area contributed by atoms with Crippen LogP contribution >= 0.6 is 0 Å². The average molecular weight is 420 g/mol. The third-order valence-corrected chi connectivity index (χ3v) is 5.72. The Morgan fingerprint density at radius 2 is 1.68 bits per heavy atom. The van der Waals surface area contributed by atoms with Gasteiger partial charge in [-0.15, -0.1) is 10.2 Å². The molecule has 0 spiro atoms. The molecule has 1 aromatic heterocycles. The van der Waals surface area contributed by atoms with E-state index in [1.807, 2.05) is 0 Å². The number of aromatic nitrogens is 2. The Morgan fingerprint density at radius 1 is 1.00 bits per heavy atom. The van der Waals surface area contributed by atoms with E-state index in [4.69, 9.17) is 0 Å². The van der Waals surface area contributed by atoms with Crippen molar-refractivity contribution in [1.29, 1.82) is 0 Å². The molecule has 0 amide bonds. The van der Waals surface area contributed by atoms with Gasteiger partial charge in [-0.05, 0) is 31.9 Å². The second kappa shape index (κ2) is 8.59. The fraction of sp³-hybridized carbons (Fsp3) is 0.304. The molecule has 1 aliphatic carbocycles. The third-order valence-electron chi connectivity index (χ3n) is 5.72. The number of carboxylic acid groups (broad SMARTS) is 1. The highest BCUT2D eigenvalue weighted by Gasteiger charge is 2.22. The SMILES string of the molecule is Cc1[nH]n(C2CCCCC2)c(=O)c1N=Nc1c(C(=O)O)cccc1-c1ccccc1O. The molecule has 3 aromatic rings. The van der Waals surface area contributed by atoms with Crippen LogP contribution in [0.2, 0.25) is 0 Å². The molecule has 0 aliphatic heterocycles. The van der Waals surface area contributed by atoms with Gasteiger partial charge in [0.15, 0.2) is 5.69 Å². The van der Waals surface area contributed by atoms with Crippen molar-refractivity contribution in [3.8, 4) is 16.9 Å². The van der Waals surface area contributed by atoms with Gasteiger partial charge in [0.25, 0.3) is 5.56 Å². The van der Waals surface area contributed by atoms with Crippen LogP contribution in [0.4, 0.5) is 11.4 Å². The summed E-state index contributed by atoms with van der Waals surface area (Å²) >= 11 is 0. The van der Waals surface area contributed by atoms with E-state index < -0.39 is 5.97 Å². The van der Waals surface area contributed by atoms with E-state index in [2.05, 4.69) is 15.3 Å². The molecule has 31 heavy (non-hydrogen) atoms. The molecular formula is C23H24N4O4. The quantitative estimate of drug-likeness (QED) is 0.474. The minimum Gasteiger partial charge on any atom is -0.507 e. The van der Waals surface area contributed by atoms with Gasteiger partial charge in [-0.3, -0.25) is 9.89 Å². The van der Waals surface area contributed by atoms with Gasteiger partial charge in [0.2, 0.25) is 0 Å². The van der Waals surface area contributed by atoms with Gasteiger partial charge in [0.05, 0.1) is 17.3 Å². The van der Waals surface area contributed by atoms with Gasteiger partial charge in [-0.25, -0.2) is 9.48 Å². The van der Waals surface area contributed by atoms with Crippen LogP contribution in [0.1, 0.15) is 54.2 Å². The number of carbonyl (C=O) groups is 1. The Balaban J connectivity index is 1.79.